The summed E-state index contributed by atoms with van der Waals surface area (Å²) >= 11 is 0. The van der Waals surface area contributed by atoms with Crippen LogP contribution in [0, 0.1) is 10.1 Å². The number of nitrogen functional groups attached to an aromatic ring is 1. The maximum atomic E-state index is 11.4. The molecule has 0 heterocycles. The minimum absolute atomic E-state index is 0.0284. The Morgan fingerprint density at radius 1 is 1.44 bits per heavy atom. The predicted octanol–water partition coefficient (Wildman–Crippen LogP) is 0.972. The Kier molecular flexibility index (Phi) is 3.29. The third-order valence-corrected chi connectivity index (χ3v) is 1.97. The van der Waals surface area contributed by atoms with Crippen molar-refractivity contribution in [3.8, 4) is 5.75 Å². The Hall–Kier alpha value is -2.31. The lowest BCUT2D eigenvalue weighted by Gasteiger charge is -2.07. The standard InChI is InChI=1S/C9H10N2O5/c1-15-6-4-3-5(10)7(9(12)16-2)8(6)11(13)14/h3-4H,10H2,1-2H3. The number of benzene rings is 1. The Morgan fingerprint density at radius 2 is 2.06 bits per heavy atom. The zero-order chi connectivity index (χ0) is 12.3. The average molecular weight is 226 g/mol. The van der Waals surface area contributed by atoms with Crippen molar-refractivity contribution in [2.45, 2.75) is 0 Å². The number of anilines is 1. The van der Waals surface area contributed by atoms with E-state index in [0.29, 0.717) is 0 Å². The Bertz CT molecular complexity index is 444. The van der Waals surface area contributed by atoms with Crippen LogP contribution in [-0.2, 0) is 4.74 Å². The number of hydrogen-bond donors (Lipinski definition) is 1. The fraction of sp³-hybridized carbons (Fsp3) is 0.222. The molecule has 86 valence electrons. The normalized spacial score (nSPS) is 9.62. The number of carbonyl (C=O) groups excluding carboxylic acids is 1. The average Bonchev–Trinajstić information content (AvgIpc) is 2.27. The van der Waals surface area contributed by atoms with Crippen molar-refractivity contribution >= 4 is 17.3 Å². The number of nitro groups is 1. The van der Waals surface area contributed by atoms with Crippen LogP contribution in [0.5, 0.6) is 5.75 Å². The van der Waals surface area contributed by atoms with Gasteiger partial charge in [0.25, 0.3) is 0 Å². The summed E-state index contributed by atoms with van der Waals surface area (Å²) in [4.78, 5) is 21.5. The van der Waals surface area contributed by atoms with Gasteiger partial charge in [-0.1, -0.05) is 0 Å². The summed E-state index contributed by atoms with van der Waals surface area (Å²) < 4.78 is 9.22. The molecule has 1 aromatic rings. The molecule has 2 N–H and O–H groups in total. The van der Waals surface area contributed by atoms with E-state index in [4.69, 9.17) is 10.5 Å². The minimum atomic E-state index is -0.872. The number of nitrogens with two attached hydrogens (primary N) is 1. The highest BCUT2D eigenvalue weighted by Gasteiger charge is 2.28. The second kappa shape index (κ2) is 4.47. The molecule has 0 aliphatic heterocycles. The number of methoxy groups -OCH3 is 2. The lowest BCUT2D eigenvalue weighted by molar-refractivity contribution is -0.386. The first-order valence-electron chi connectivity index (χ1n) is 4.22. The minimum Gasteiger partial charge on any atom is -0.490 e. The van der Waals surface area contributed by atoms with E-state index in [1.807, 2.05) is 0 Å². The number of esters is 1. The highest BCUT2D eigenvalue weighted by Crippen LogP contribution is 2.34. The monoisotopic (exact) mass is 226 g/mol. The van der Waals surface area contributed by atoms with Crippen LogP contribution < -0.4 is 10.5 Å². The number of rotatable bonds is 3. The van der Waals surface area contributed by atoms with Gasteiger partial charge in [-0.2, -0.15) is 0 Å². The van der Waals surface area contributed by atoms with Crippen LogP contribution in [0.4, 0.5) is 11.4 Å². The quantitative estimate of drug-likeness (QED) is 0.356. The number of carbonyl (C=O) groups is 1. The molecule has 0 bridgehead atoms. The Labute approximate surface area is 90.9 Å². The molecule has 0 radical (unpaired) electrons. The van der Waals surface area contributed by atoms with Gasteiger partial charge < -0.3 is 15.2 Å². The van der Waals surface area contributed by atoms with Crippen LogP contribution in [0.15, 0.2) is 12.1 Å². The third-order valence-electron chi connectivity index (χ3n) is 1.97. The van der Waals surface area contributed by atoms with Gasteiger partial charge in [0.15, 0.2) is 11.3 Å². The topological polar surface area (TPSA) is 105 Å². The number of nitrogens with zero attached hydrogens (tertiary/aromatic N) is 1. The van der Waals surface area contributed by atoms with Gasteiger partial charge >= 0.3 is 11.7 Å². The molecule has 0 aliphatic rings. The molecule has 16 heavy (non-hydrogen) atoms. The van der Waals surface area contributed by atoms with E-state index >= 15 is 0 Å². The van der Waals surface area contributed by atoms with Crippen LogP contribution in [-0.4, -0.2) is 25.1 Å². The van der Waals surface area contributed by atoms with Crippen molar-refractivity contribution in [1.82, 2.24) is 0 Å². The Morgan fingerprint density at radius 3 is 2.50 bits per heavy atom. The smallest absolute Gasteiger partial charge is 0.347 e. The first-order valence-corrected chi connectivity index (χ1v) is 4.22. The van der Waals surface area contributed by atoms with E-state index in [1.165, 1.54) is 19.2 Å². The summed E-state index contributed by atoms with van der Waals surface area (Å²) in [5.41, 5.74) is 4.68. The molecule has 1 aromatic carbocycles. The van der Waals surface area contributed by atoms with E-state index in [9.17, 15) is 14.9 Å². The fourth-order valence-corrected chi connectivity index (χ4v) is 1.25. The van der Waals surface area contributed by atoms with Crippen LogP contribution in [0.1, 0.15) is 10.4 Å². The highest BCUT2D eigenvalue weighted by molar-refractivity contribution is 6.00. The van der Waals surface area contributed by atoms with Gasteiger partial charge in [-0.3, -0.25) is 10.1 Å². The maximum absolute atomic E-state index is 11.4. The largest absolute Gasteiger partial charge is 0.490 e. The number of hydrogen-bond acceptors (Lipinski definition) is 6. The molecule has 0 atom stereocenters. The van der Waals surface area contributed by atoms with Gasteiger partial charge in [0.05, 0.1) is 24.8 Å². The lowest BCUT2D eigenvalue weighted by atomic mass is 10.1. The zero-order valence-electron chi connectivity index (χ0n) is 8.72. The molecule has 7 nitrogen and oxygen atoms in total. The fourth-order valence-electron chi connectivity index (χ4n) is 1.25. The molecule has 0 saturated carbocycles. The number of nitro benzene ring substituents is 1. The van der Waals surface area contributed by atoms with Crippen molar-refractivity contribution in [3.05, 3.63) is 27.8 Å². The van der Waals surface area contributed by atoms with Crippen LogP contribution >= 0.6 is 0 Å². The van der Waals surface area contributed by atoms with Crippen LogP contribution in [0.25, 0.3) is 0 Å². The molecule has 0 unspecified atom stereocenters. The zero-order valence-corrected chi connectivity index (χ0v) is 8.72. The van der Waals surface area contributed by atoms with Crippen molar-refractivity contribution < 1.29 is 19.2 Å². The van der Waals surface area contributed by atoms with Crippen molar-refractivity contribution in [3.63, 3.8) is 0 Å². The summed E-state index contributed by atoms with van der Waals surface area (Å²) in [6.45, 7) is 0. The summed E-state index contributed by atoms with van der Waals surface area (Å²) in [5.74, 6) is -0.914. The molecule has 0 aliphatic carbocycles. The van der Waals surface area contributed by atoms with Crippen LogP contribution in [0.2, 0.25) is 0 Å². The summed E-state index contributed by atoms with van der Waals surface area (Å²) in [5, 5.41) is 10.8. The van der Waals surface area contributed by atoms with Crippen molar-refractivity contribution in [2.24, 2.45) is 0 Å². The molecular weight excluding hydrogens is 216 g/mol. The van der Waals surface area contributed by atoms with Crippen molar-refractivity contribution in [1.29, 1.82) is 0 Å². The Balaban J connectivity index is 3.54. The van der Waals surface area contributed by atoms with E-state index in [-0.39, 0.29) is 17.0 Å². The second-order valence-electron chi connectivity index (χ2n) is 2.83. The molecule has 0 spiro atoms. The third kappa shape index (κ3) is 1.88. The molecular formula is C9H10N2O5. The first-order chi connectivity index (χ1) is 7.52. The second-order valence-corrected chi connectivity index (χ2v) is 2.83. The number of ether oxygens (including phenoxy) is 2. The summed E-state index contributed by atoms with van der Waals surface area (Å²) in [7, 11) is 2.38. The van der Waals surface area contributed by atoms with Gasteiger partial charge in [0.1, 0.15) is 0 Å². The summed E-state index contributed by atoms with van der Waals surface area (Å²) in [6.07, 6.45) is 0. The molecule has 0 amide bonds. The molecule has 0 fully saturated rings. The van der Waals surface area contributed by atoms with Gasteiger partial charge in [-0.05, 0) is 12.1 Å². The SMILES string of the molecule is COC(=O)c1c(N)ccc(OC)c1[N+](=O)[O-]. The maximum Gasteiger partial charge on any atom is 0.347 e. The lowest BCUT2D eigenvalue weighted by Crippen LogP contribution is -2.10. The highest BCUT2D eigenvalue weighted by atomic mass is 16.6. The summed E-state index contributed by atoms with van der Waals surface area (Å²) in [6, 6.07) is 2.66. The van der Waals surface area contributed by atoms with Crippen molar-refractivity contribution in [2.75, 3.05) is 20.0 Å². The molecule has 1 rings (SSSR count). The molecule has 0 aromatic heterocycles. The van der Waals surface area contributed by atoms with Gasteiger partial charge in [-0.15, -0.1) is 0 Å². The predicted molar refractivity (Wildman–Crippen MR) is 55.4 cm³/mol. The van der Waals surface area contributed by atoms with E-state index in [2.05, 4.69) is 4.74 Å². The van der Waals surface area contributed by atoms with Gasteiger partial charge in [0.2, 0.25) is 0 Å². The van der Waals surface area contributed by atoms with Crippen LogP contribution in [0.3, 0.4) is 0 Å². The molecule has 7 heteroatoms. The first kappa shape index (κ1) is 11.8. The van der Waals surface area contributed by atoms with E-state index in [1.54, 1.807) is 0 Å². The van der Waals surface area contributed by atoms with Gasteiger partial charge in [0, 0.05) is 0 Å². The van der Waals surface area contributed by atoms with E-state index in [0.717, 1.165) is 7.11 Å². The van der Waals surface area contributed by atoms with E-state index < -0.39 is 16.6 Å². The molecule has 0 saturated heterocycles. The van der Waals surface area contributed by atoms with Gasteiger partial charge in [-0.25, -0.2) is 4.79 Å².